The van der Waals surface area contributed by atoms with Gasteiger partial charge in [-0.15, -0.1) is 11.3 Å². The quantitative estimate of drug-likeness (QED) is 0.389. The molecule has 28 heavy (non-hydrogen) atoms. The Morgan fingerprint density at radius 1 is 1.21 bits per heavy atom. The fourth-order valence-electron chi connectivity index (χ4n) is 3.60. The lowest BCUT2D eigenvalue weighted by Gasteiger charge is -2.17. The van der Waals surface area contributed by atoms with Crippen LogP contribution in [0.3, 0.4) is 0 Å². The number of rotatable bonds is 4. The Bertz CT molecular complexity index is 1090. The predicted octanol–water partition coefficient (Wildman–Crippen LogP) is 5.85. The molecule has 0 atom stereocenters. The monoisotopic (exact) mass is 424 g/mol. The van der Waals surface area contributed by atoms with Crippen LogP contribution in [0.1, 0.15) is 42.2 Å². The zero-order valence-electron chi connectivity index (χ0n) is 15.3. The summed E-state index contributed by atoms with van der Waals surface area (Å²) >= 11 is 2.84. The molecule has 0 spiro atoms. The number of aryl methyl sites for hydroxylation is 2. The van der Waals surface area contributed by atoms with Crippen LogP contribution in [0.2, 0.25) is 0 Å². The van der Waals surface area contributed by atoms with E-state index in [4.69, 9.17) is 0 Å². The van der Waals surface area contributed by atoms with Crippen LogP contribution in [0, 0.1) is 0 Å². The lowest BCUT2D eigenvalue weighted by molar-refractivity contribution is -0.137. The topological polar surface area (TPSA) is 34.9 Å². The van der Waals surface area contributed by atoms with Crippen molar-refractivity contribution < 1.29 is 13.2 Å². The molecule has 1 aliphatic rings. The van der Waals surface area contributed by atoms with Gasteiger partial charge < -0.3 is 0 Å². The van der Waals surface area contributed by atoms with Gasteiger partial charge in [-0.2, -0.15) is 13.2 Å². The summed E-state index contributed by atoms with van der Waals surface area (Å²) < 4.78 is 42.1. The second-order valence-corrected chi connectivity index (χ2v) is 8.94. The minimum Gasteiger partial charge on any atom is -0.268 e. The van der Waals surface area contributed by atoms with Gasteiger partial charge in [0.15, 0.2) is 5.16 Å². The molecule has 0 N–H and O–H groups in total. The standard InChI is InChI=1S/C20H19F3N2OS2/c1-2-11-27-19-24-17-16(12-7-3-6-10-15(12)28-17)18(26)25(19)14-9-5-4-8-13(14)20(21,22)23/h4-5,8-9H,2-3,6-7,10-11H2,1H3. The largest absolute Gasteiger partial charge is 0.418 e. The number of hydrogen-bond acceptors (Lipinski definition) is 4. The first-order chi connectivity index (χ1) is 13.4. The van der Waals surface area contributed by atoms with E-state index < -0.39 is 11.7 Å². The highest BCUT2D eigenvalue weighted by Gasteiger charge is 2.35. The Labute approximate surface area is 168 Å². The number of thioether (sulfide) groups is 1. The maximum Gasteiger partial charge on any atom is 0.418 e. The number of halogens is 3. The second kappa shape index (κ2) is 7.55. The smallest absolute Gasteiger partial charge is 0.268 e. The first kappa shape index (κ1) is 19.5. The summed E-state index contributed by atoms with van der Waals surface area (Å²) in [7, 11) is 0. The van der Waals surface area contributed by atoms with Gasteiger partial charge in [0.25, 0.3) is 5.56 Å². The number of hydrogen-bond donors (Lipinski definition) is 0. The van der Waals surface area contributed by atoms with Crippen molar-refractivity contribution in [3.8, 4) is 5.69 Å². The van der Waals surface area contributed by atoms with E-state index in [0.29, 0.717) is 21.1 Å². The fourth-order valence-corrected chi connectivity index (χ4v) is 5.76. The number of alkyl halides is 3. The summed E-state index contributed by atoms with van der Waals surface area (Å²) in [5.74, 6) is 0.678. The van der Waals surface area contributed by atoms with Crippen LogP contribution in [0.25, 0.3) is 15.9 Å². The van der Waals surface area contributed by atoms with Crippen LogP contribution in [0.15, 0.2) is 34.2 Å². The molecular formula is C20H19F3N2OS2. The third-order valence-electron chi connectivity index (χ3n) is 4.84. The summed E-state index contributed by atoms with van der Waals surface area (Å²) in [5.41, 5.74) is -0.377. The SMILES string of the molecule is CCCSc1nc2sc3c(c2c(=O)n1-c1ccccc1C(F)(F)F)CCCC3. The molecular weight excluding hydrogens is 405 g/mol. The molecule has 4 rings (SSSR count). The normalized spacial score (nSPS) is 14.4. The predicted molar refractivity (Wildman–Crippen MR) is 108 cm³/mol. The summed E-state index contributed by atoms with van der Waals surface area (Å²) in [5, 5.41) is 0.826. The van der Waals surface area contributed by atoms with Gasteiger partial charge in [-0.1, -0.05) is 30.8 Å². The molecule has 0 amide bonds. The van der Waals surface area contributed by atoms with E-state index in [1.807, 2.05) is 6.92 Å². The van der Waals surface area contributed by atoms with Crippen molar-refractivity contribution in [1.82, 2.24) is 9.55 Å². The van der Waals surface area contributed by atoms with Crippen molar-refractivity contribution in [2.75, 3.05) is 5.75 Å². The second-order valence-electron chi connectivity index (χ2n) is 6.79. The minimum absolute atomic E-state index is 0.149. The third-order valence-corrected chi connectivity index (χ3v) is 7.17. The lowest BCUT2D eigenvalue weighted by Crippen LogP contribution is -2.25. The summed E-state index contributed by atoms with van der Waals surface area (Å²) in [6, 6.07) is 5.24. The zero-order chi connectivity index (χ0) is 19.9. The number of thiophene rings is 1. The van der Waals surface area contributed by atoms with Crippen molar-refractivity contribution in [3.63, 3.8) is 0 Å². The molecule has 0 radical (unpaired) electrons. The molecule has 0 bridgehead atoms. The molecule has 1 aromatic carbocycles. The fraction of sp³-hybridized carbons (Fsp3) is 0.400. The van der Waals surface area contributed by atoms with Gasteiger partial charge in [0, 0.05) is 10.6 Å². The number of para-hydroxylation sites is 1. The van der Waals surface area contributed by atoms with E-state index in [9.17, 15) is 18.0 Å². The molecule has 1 aliphatic carbocycles. The van der Waals surface area contributed by atoms with E-state index in [0.717, 1.165) is 48.6 Å². The van der Waals surface area contributed by atoms with E-state index in [1.54, 1.807) is 0 Å². The first-order valence-corrected chi connectivity index (χ1v) is 11.1. The molecule has 3 nitrogen and oxygen atoms in total. The Balaban J connectivity index is 2.04. The third kappa shape index (κ3) is 3.37. The highest BCUT2D eigenvalue weighted by molar-refractivity contribution is 7.99. The Morgan fingerprint density at radius 2 is 1.96 bits per heavy atom. The van der Waals surface area contributed by atoms with Crippen LogP contribution in [0.4, 0.5) is 13.2 Å². The molecule has 148 valence electrons. The van der Waals surface area contributed by atoms with Gasteiger partial charge in [0.1, 0.15) is 4.83 Å². The van der Waals surface area contributed by atoms with Gasteiger partial charge in [0.05, 0.1) is 16.6 Å². The van der Waals surface area contributed by atoms with Crippen molar-refractivity contribution in [2.45, 2.75) is 50.4 Å². The lowest BCUT2D eigenvalue weighted by atomic mass is 9.97. The van der Waals surface area contributed by atoms with E-state index in [1.165, 1.54) is 45.9 Å². The van der Waals surface area contributed by atoms with Gasteiger partial charge in [-0.25, -0.2) is 4.98 Å². The summed E-state index contributed by atoms with van der Waals surface area (Å²) in [6.07, 6.45) is 0.0410. The number of nitrogens with zero attached hydrogens (tertiary/aromatic N) is 2. The van der Waals surface area contributed by atoms with Gasteiger partial charge in [0.2, 0.25) is 0 Å². The molecule has 2 aromatic heterocycles. The molecule has 0 saturated heterocycles. The Kier molecular flexibility index (Phi) is 5.26. The van der Waals surface area contributed by atoms with Crippen molar-refractivity contribution in [2.24, 2.45) is 0 Å². The maximum atomic E-state index is 13.6. The number of fused-ring (bicyclic) bond motifs is 3. The zero-order valence-corrected chi connectivity index (χ0v) is 16.9. The maximum absolute atomic E-state index is 13.6. The van der Waals surface area contributed by atoms with E-state index >= 15 is 0 Å². The summed E-state index contributed by atoms with van der Waals surface area (Å²) in [6.45, 7) is 1.99. The molecule has 0 fully saturated rings. The highest BCUT2D eigenvalue weighted by Crippen LogP contribution is 2.37. The van der Waals surface area contributed by atoms with Gasteiger partial charge in [-0.05, 0) is 49.8 Å². The number of aromatic nitrogens is 2. The van der Waals surface area contributed by atoms with Crippen LogP contribution < -0.4 is 5.56 Å². The summed E-state index contributed by atoms with van der Waals surface area (Å²) in [4.78, 5) is 19.9. The van der Waals surface area contributed by atoms with Crippen molar-refractivity contribution in [1.29, 1.82) is 0 Å². The van der Waals surface area contributed by atoms with Crippen LogP contribution in [-0.2, 0) is 19.0 Å². The number of benzene rings is 1. The molecule has 8 heteroatoms. The first-order valence-electron chi connectivity index (χ1n) is 9.28. The Morgan fingerprint density at radius 3 is 2.71 bits per heavy atom. The Hall–Kier alpha value is -1.80. The van der Waals surface area contributed by atoms with Crippen LogP contribution in [-0.4, -0.2) is 15.3 Å². The van der Waals surface area contributed by atoms with Crippen LogP contribution in [0.5, 0.6) is 0 Å². The average Bonchev–Trinajstić information content (AvgIpc) is 3.04. The highest BCUT2D eigenvalue weighted by atomic mass is 32.2. The van der Waals surface area contributed by atoms with E-state index in [2.05, 4.69) is 4.98 Å². The molecule has 0 saturated carbocycles. The van der Waals surface area contributed by atoms with Crippen molar-refractivity contribution in [3.05, 3.63) is 50.6 Å². The molecule has 0 aliphatic heterocycles. The van der Waals surface area contributed by atoms with Gasteiger partial charge >= 0.3 is 6.18 Å². The average molecular weight is 425 g/mol. The van der Waals surface area contributed by atoms with E-state index in [-0.39, 0.29) is 11.2 Å². The van der Waals surface area contributed by atoms with Crippen LogP contribution >= 0.6 is 23.1 Å². The van der Waals surface area contributed by atoms with Crippen molar-refractivity contribution >= 4 is 33.3 Å². The molecule has 2 heterocycles. The molecule has 0 unspecified atom stereocenters. The van der Waals surface area contributed by atoms with Gasteiger partial charge in [-0.3, -0.25) is 9.36 Å². The minimum atomic E-state index is -4.55. The molecule has 3 aromatic rings.